The molecule has 0 aromatic heterocycles. The first kappa shape index (κ1) is 18.2. The van der Waals surface area contributed by atoms with Crippen LogP contribution in [-0.4, -0.2) is 23.3 Å². The van der Waals surface area contributed by atoms with Crippen molar-refractivity contribution in [3.05, 3.63) is 64.1 Å². The summed E-state index contributed by atoms with van der Waals surface area (Å²) in [6.07, 6.45) is 1.74. The van der Waals surface area contributed by atoms with Crippen LogP contribution in [0.3, 0.4) is 0 Å². The van der Waals surface area contributed by atoms with E-state index in [0.717, 1.165) is 16.9 Å². The minimum Gasteiger partial charge on any atom is -0.545 e. The Hall–Kier alpha value is -2.64. The lowest BCUT2D eigenvalue weighted by Crippen LogP contribution is -2.28. The normalized spacial score (nSPS) is 15.6. The second-order valence-corrected chi connectivity index (χ2v) is 7.26. The van der Waals surface area contributed by atoms with E-state index in [0.29, 0.717) is 14.9 Å². The van der Waals surface area contributed by atoms with Gasteiger partial charge in [-0.2, -0.15) is 0 Å². The molecule has 1 aliphatic heterocycles. The predicted octanol–water partition coefficient (Wildman–Crippen LogP) is 2.77. The van der Waals surface area contributed by atoms with Gasteiger partial charge in [0.1, 0.15) is 5.75 Å². The van der Waals surface area contributed by atoms with Crippen molar-refractivity contribution in [1.82, 2.24) is 0 Å². The van der Waals surface area contributed by atoms with E-state index in [9.17, 15) is 14.7 Å². The fraction of sp³-hybridized carbons (Fsp3) is 0.105. The van der Waals surface area contributed by atoms with Crippen molar-refractivity contribution < 1.29 is 19.4 Å². The van der Waals surface area contributed by atoms with Crippen molar-refractivity contribution in [3.63, 3.8) is 0 Å². The Kier molecular flexibility index (Phi) is 5.11. The van der Waals surface area contributed by atoms with Gasteiger partial charge in [-0.15, -0.1) is 0 Å². The van der Waals surface area contributed by atoms with Gasteiger partial charge in [0.2, 0.25) is 0 Å². The number of thiocarbonyl (C=S) groups is 1. The number of anilines is 1. The number of methoxy groups -OCH3 is 1. The molecule has 0 unspecified atom stereocenters. The highest BCUT2D eigenvalue weighted by Gasteiger charge is 2.33. The highest BCUT2D eigenvalue weighted by Crippen LogP contribution is 2.36. The first-order valence-electron chi connectivity index (χ1n) is 7.64. The summed E-state index contributed by atoms with van der Waals surface area (Å²) in [7, 11) is 1.59. The Morgan fingerprint density at radius 2 is 2.04 bits per heavy atom. The second kappa shape index (κ2) is 7.31. The van der Waals surface area contributed by atoms with Gasteiger partial charge in [0, 0.05) is 0 Å². The molecule has 0 radical (unpaired) electrons. The molecular formula is C19H14NO4S2-. The molecule has 1 fully saturated rings. The molecule has 0 spiro atoms. The molecular weight excluding hydrogens is 370 g/mol. The smallest absolute Gasteiger partial charge is 0.270 e. The summed E-state index contributed by atoms with van der Waals surface area (Å²) in [5, 5.41) is 11.0. The Bertz CT molecular complexity index is 952. The van der Waals surface area contributed by atoms with Gasteiger partial charge in [-0.25, -0.2) is 0 Å². The monoisotopic (exact) mass is 384 g/mol. The minimum atomic E-state index is -1.31. The molecule has 2 aromatic rings. The predicted molar refractivity (Wildman–Crippen MR) is 104 cm³/mol. The summed E-state index contributed by atoms with van der Waals surface area (Å²) < 4.78 is 5.65. The van der Waals surface area contributed by atoms with Gasteiger partial charge in [0.25, 0.3) is 5.91 Å². The van der Waals surface area contributed by atoms with Crippen molar-refractivity contribution in [2.24, 2.45) is 0 Å². The summed E-state index contributed by atoms with van der Waals surface area (Å²) >= 11 is 6.48. The lowest BCUT2D eigenvalue weighted by atomic mass is 10.1. The van der Waals surface area contributed by atoms with Crippen LogP contribution in [0.4, 0.5) is 5.69 Å². The number of aryl methyl sites for hydroxylation is 1. The SMILES string of the molecule is COc1cc(/C=C2\SC(=S)N(c3cccc(C(=O)[O-])c3)C2=O)ccc1C. The number of hydrogen-bond donors (Lipinski definition) is 0. The molecule has 0 aliphatic carbocycles. The fourth-order valence-electron chi connectivity index (χ4n) is 2.54. The zero-order valence-electron chi connectivity index (χ0n) is 14.0. The van der Waals surface area contributed by atoms with Crippen LogP contribution in [0.2, 0.25) is 0 Å². The number of carboxylic acid groups (broad SMARTS) is 1. The summed E-state index contributed by atoms with van der Waals surface area (Å²) in [5.74, 6) is -0.870. The molecule has 7 heteroatoms. The Balaban J connectivity index is 1.94. The van der Waals surface area contributed by atoms with E-state index in [2.05, 4.69) is 0 Å². The van der Waals surface area contributed by atoms with Crippen molar-refractivity contribution >= 4 is 51.9 Å². The largest absolute Gasteiger partial charge is 0.545 e. The topological polar surface area (TPSA) is 69.7 Å². The van der Waals surface area contributed by atoms with E-state index in [-0.39, 0.29) is 11.5 Å². The lowest BCUT2D eigenvalue weighted by Gasteiger charge is -2.15. The molecule has 26 heavy (non-hydrogen) atoms. The maximum atomic E-state index is 12.8. The number of aromatic carboxylic acids is 1. The third kappa shape index (κ3) is 3.49. The average Bonchev–Trinajstić information content (AvgIpc) is 2.90. The molecule has 0 N–H and O–H groups in total. The summed E-state index contributed by atoms with van der Waals surface area (Å²) in [4.78, 5) is 25.6. The van der Waals surface area contributed by atoms with Crippen LogP contribution >= 0.6 is 24.0 Å². The summed E-state index contributed by atoms with van der Waals surface area (Å²) in [5.41, 5.74) is 2.20. The van der Waals surface area contributed by atoms with Gasteiger partial charge in [-0.1, -0.05) is 48.2 Å². The highest BCUT2D eigenvalue weighted by atomic mass is 32.2. The number of amides is 1. The van der Waals surface area contributed by atoms with Gasteiger partial charge in [0.05, 0.1) is 23.7 Å². The number of carbonyl (C=O) groups excluding carboxylic acids is 2. The first-order valence-corrected chi connectivity index (χ1v) is 8.87. The zero-order chi connectivity index (χ0) is 18.8. The average molecular weight is 384 g/mol. The molecule has 1 heterocycles. The lowest BCUT2D eigenvalue weighted by molar-refractivity contribution is -0.255. The standard InChI is InChI=1S/C19H15NO4S2/c1-11-6-7-12(8-15(11)24-2)9-16-17(21)20(19(25)26-16)14-5-3-4-13(10-14)18(22)23/h3-10H,1-2H3,(H,22,23)/p-1/b16-9-. The number of carboxylic acids is 1. The minimum absolute atomic E-state index is 0.0104. The zero-order valence-corrected chi connectivity index (χ0v) is 15.6. The maximum absolute atomic E-state index is 12.8. The number of benzene rings is 2. The molecule has 2 aromatic carbocycles. The van der Waals surface area contributed by atoms with Crippen LogP contribution in [-0.2, 0) is 4.79 Å². The molecule has 5 nitrogen and oxygen atoms in total. The van der Waals surface area contributed by atoms with Crippen LogP contribution in [0.1, 0.15) is 21.5 Å². The van der Waals surface area contributed by atoms with Crippen LogP contribution in [0.5, 0.6) is 5.75 Å². The van der Waals surface area contributed by atoms with Gasteiger partial charge in [0.15, 0.2) is 4.32 Å². The summed E-state index contributed by atoms with van der Waals surface area (Å²) in [6, 6.07) is 11.6. The molecule has 0 bridgehead atoms. The van der Waals surface area contributed by atoms with Crippen molar-refractivity contribution in [2.45, 2.75) is 6.92 Å². The molecule has 0 saturated carbocycles. The molecule has 3 rings (SSSR count). The van der Waals surface area contributed by atoms with Gasteiger partial charge >= 0.3 is 0 Å². The number of hydrogen-bond acceptors (Lipinski definition) is 6. The van der Waals surface area contributed by atoms with E-state index in [1.165, 1.54) is 28.8 Å². The van der Waals surface area contributed by atoms with Crippen LogP contribution in [0.15, 0.2) is 47.4 Å². The van der Waals surface area contributed by atoms with Crippen molar-refractivity contribution in [2.75, 3.05) is 12.0 Å². The molecule has 1 amide bonds. The Labute approximate surface area is 160 Å². The number of nitrogens with zero attached hydrogens (tertiary/aromatic N) is 1. The van der Waals surface area contributed by atoms with Crippen molar-refractivity contribution in [1.29, 1.82) is 0 Å². The van der Waals surface area contributed by atoms with E-state index in [1.807, 2.05) is 25.1 Å². The highest BCUT2D eigenvalue weighted by molar-refractivity contribution is 8.27. The third-order valence-electron chi connectivity index (χ3n) is 3.86. The number of rotatable bonds is 4. The first-order chi connectivity index (χ1) is 12.4. The van der Waals surface area contributed by atoms with Crippen molar-refractivity contribution in [3.8, 4) is 5.75 Å². The van der Waals surface area contributed by atoms with Crippen LogP contribution in [0.25, 0.3) is 6.08 Å². The third-order valence-corrected chi connectivity index (χ3v) is 5.17. The second-order valence-electron chi connectivity index (χ2n) is 5.58. The molecule has 132 valence electrons. The summed E-state index contributed by atoms with van der Waals surface area (Å²) in [6.45, 7) is 1.94. The Morgan fingerprint density at radius 1 is 1.27 bits per heavy atom. The van der Waals surface area contributed by atoms with Gasteiger partial charge in [-0.05, 0) is 47.9 Å². The van der Waals surface area contributed by atoms with E-state index >= 15 is 0 Å². The fourth-order valence-corrected chi connectivity index (χ4v) is 3.84. The maximum Gasteiger partial charge on any atom is 0.270 e. The molecule has 0 atom stereocenters. The van der Waals surface area contributed by atoms with Gasteiger partial charge < -0.3 is 14.6 Å². The van der Waals surface area contributed by atoms with E-state index in [1.54, 1.807) is 25.3 Å². The Morgan fingerprint density at radius 3 is 2.73 bits per heavy atom. The number of ether oxygens (including phenoxy) is 1. The number of thioether (sulfide) groups is 1. The van der Waals surface area contributed by atoms with E-state index in [4.69, 9.17) is 17.0 Å². The van der Waals surface area contributed by atoms with Crippen LogP contribution in [0, 0.1) is 6.92 Å². The van der Waals surface area contributed by atoms with Crippen LogP contribution < -0.4 is 14.7 Å². The molecule has 1 aliphatic rings. The van der Waals surface area contributed by atoms with Gasteiger partial charge in [-0.3, -0.25) is 9.69 Å². The molecule has 1 saturated heterocycles. The quantitative estimate of drug-likeness (QED) is 0.596. The number of carbonyl (C=O) groups is 2. The van der Waals surface area contributed by atoms with E-state index < -0.39 is 5.97 Å².